The minimum Gasteiger partial charge on any atom is -0.466 e. The molecule has 0 bridgehead atoms. The summed E-state index contributed by atoms with van der Waals surface area (Å²) in [5.74, 6) is -0.650. The first-order valence-electron chi connectivity index (χ1n) is 12.3. The molecule has 0 fully saturated rings. The van der Waals surface area contributed by atoms with E-state index in [2.05, 4.69) is 5.16 Å². The normalized spacial score (nSPS) is 11.7. The molecule has 4 rings (SSSR count). The molecule has 1 aromatic heterocycles. The quantitative estimate of drug-likeness (QED) is 0.205. The van der Waals surface area contributed by atoms with Gasteiger partial charge in [-0.15, -0.1) is 0 Å². The molecule has 0 saturated heterocycles. The molecule has 0 aliphatic heterocycles. The van der Waals surface area contributed by atoms with Gasteiger partial charge in [0.15, 0.2) is 5.76 Å². The zero-order chi connectivity index (χ0) is 27.1. The second-order valence-electron chi connectivity index (χ2n) is 8.66. The van der Waals surface area contributed by atoms with Gasteiger partial charge in [-0.3, -0.25) is 9.59 Å². The van der Waals surface area contributed by atoms with Gasteiger partial charge in [0.2, 0.25) is 0 Å². The molecule has 3 aromatic carbocycles. The third kappa shape index (κ3) is 6.89. The van der Waals surface area contributed by atoms with Crippen molar-refractivity contribution in [1.82, 2.24) is 5.16 Å². The highest BCUT2D eigenvalue weighted by molar-refractivity contribution is 7.99. The van der Waals surface area contributed by atoms with E-state index in [4.69, 9.17) is 14.0 Å². The Morgan fingerprint density at radius 1 is 0.947 bits per heavy atom. The minimum absolute atomic E-state index is 0.0435. The number of hydrogen-bond donors (Lipinski definition) is 0. The number of ether oxygens (including phenoxy) is 2. The molecule has 1 atom stereocenters. The van der Waals surface area contributed by atoms with Gasteiger partial charge < -0.3 is 14.0 Å². The molecule has 0 spiro atoms. The van der Waals surface area contributed by atoms with Crippen LogP contribution >= 0.6 is 11.8 Å². The topological polar surface area (TPSA) is 78.6 Å². The van der Waals surface area contributed by atoms with Crippen LogP contribution in [0.15, 0.2) is 87.1 Å². The summed E-state index contributed by atoms with van der Waals surface area (Å²) in [4.78, 5) is 26.4. The van der Waals surface area contributed by atoms with E-state index in [1.807, 2.05) is 48.5 Å². The average Bonchev–Trinajstić information content (AvgIpc) is 3.25. The maximum Gasteiger partial charge on any atom is 0.311 e. The number of hydrogen-bond acceptors (Lipinski definition) is 7. The van der Waals surface area contributed by atoms with E-state index < -0.39 is 17.9 Å². The van der Waals surface area contributed by atoms with Crippen molar-refractivity contribution in [3.05, 3.63) is 101 Å². The Kier molecular flexibility index (Phi) is 8.97. The third-order valence-corrected chi connectivity index (χ3v) is 6.90. The van der Waals surface area contributed by atoms with Crippen LogP contribution in [0.5, 0.6) is 0 Å². The average molecular weight is 534 g/mol. The van der Waals surface area contributed by atoms with Gasteiger partial charge in [0.05, 0.1) is 25.1 Å². The van der Waals surface area contributed by atoms with E-state index in [0.717, 1.165) is 20.9 Å². The summed E-state index contributed by atoms with van der Waals surface area (Å²) in [5, 5.41) is 4.05. The molecule has 0 radical (unpaired) electrons. The summed E-state index contributed by atoms with van der Waals surface area (Å²) in [6, 6.07) is 21.8. The molecule has 4 aromatic rings. The molecule has 1 heterocycles. The van der Waals surface area contributed by atoms with Gasteiger partial charge >= 0.3 is 11.9 Å². The summed E-state index contributed by atoms with van der Waals surface area (Å²) in [7, 11) is 0. The van der Waals surface area contributed by atoms with Gasteiger partial charge in [-0.05, 0) is 68.8 Å². The summed E-state index contributed by atoms with van der Waals surface area (Å²) in [5.41, 5.74) is 3.23. The van der Waals surface area contributed by atoms with Crippen molar-refractivity contribution in [2.45, 2.75) is 49.5 Å². The molecule has 0 N–H and O–H groups in total. The highest BCUT2D eigenvalue weighted by Crippen LogP contribution is 2.32. The van der Waals surface area contributed by atoms with Crippen molar-refractivity contribution in [2.75, 3.05) is 6.61 Å². The monoisotopic (exact) mass is 533 g/mol. The lowest BCUT2D eigenvalue weighted by molar-refractivity contribution is -0.148. The van der Waals surface area contributed by atoms with Gasteiger partial charge in [-0.2, -0.15) is 0 Å². The van der Waals surface area contributed by atoms with E-state index >= 15 is 0 Å². The standard InChI is InChI=1S/C30H28FNO5S/c1-4-35-28(33)17-21-9-13-23(14-10-21)38-24-15-11-22(12-16-24)30-26(19(2)32-37-30)18-29(34)36-20(3)25-7-5-6-8-27(25)31/h5-16,20H,4,17-18H2,1-3H3/t20-/m1/s1. The SMILES string of the molecule is CCOC(=O)Cc1ccc(Sc2ccc(-c3onc(C)c3CC(=O)O[C@H](C)c3ccccc3F)cc2)cc1. The molecule has 0 saturated carbocycles. The van der Waals surface area contributed by atoms with Gasteiger partial charge in [0.25, 0.3) is 0 Å². The fourth-order valence-electron chi connectivity index (χ4n) is 3.94. The number of carbonyl (C=O) groups excluding carboxylic acids is 2. The molecular formula is C30H28FNO5S. The largest absolute Gasteiger partial charge is 0.466 e. The number of halogens is 1. The number of aromatic nitrogens is 1. The highest BCUT2D eigenvalue weighted by atomic mass is 32.2. The maximum absolute atomic E-state index is 14.0. The van der Waals surface area contributed by atoms with Gasteiger partial charge in [0.1, 0.15) is 11.9 Å². The fourth-order valence-corrected chi connectivity index (χ4v) is 4.76. The summed E-state index contributed by atoms with van der Waals surface area (Å²) < 4.78 is 30.1. The minimum atomic E-state index is -0.720. The molecule has 6 nitrogen and oxygen atoms in total. The Morgan fingerprint density at radius 3 is 2.26 bits per heavy atom. The van der Waals surface area contributed by atoms with Crippen molar-refractivity contribution < 1.29 is 28.0 Å². The second-order valence-corrected chi connectivity index (χ2v) is 9.81. The van der Waals surface area contributed by atoms with Crippen LogP contribution in [0.2, 0.25) is 0 Å². The van der Waals surface area contributed by atoms with Crippen LogP contribution < -0.4 is 0 Å². The van der Waals surface area contributed by atoms with E-state index in [1.54, 1.807) is 50.7 Å². The number of carbonyl (C=O) groups is 2. The van der Waals surface area contributed by atoms with Crippen molar-refractivity contribution in [2.24, 2.45) is 0 Å². The molecule has 8 heteroatoms. The number of nitrogens with zero attached hydrogens (tertiary/aromatic N) is 1. The lowest BCUT2D eigenvalue weighted by Crippen LogP contribution is -2.13. The zero-order valence-corrected chi connectivity index (χ0v) is 22.2. The van der Waals surface area contributed by atoms with E-state index in [1.165, 1.54) is 6.07 Å². The van der Waals surface area contributed by atoms with Crippen molar-refractivity contribution in [3.8, 4) is 11.3 Å². The summed E-state index contributed by atoms with van der Waals surface area (Å²) in [6.07, 6.45) is -0.511. The molecular weight excluding hydrogens is 505 g/mol. The van der Waals surface area contributed by atoms with Crippen molar-refractivity contribution >= 4 is 23.7 Å². The Balaban J connectivity index is 1.40. The smallest absolute Gasteiger partial charge is 0.311 e. The number of aryl methyl sites for hydroxylation is 1. The van der Waals surface area contributed by atoms with Gasteiger partial charge in [-0.1, -0.05) is 47.3 Å². The van der Waals surface area contributed by atoms with Crippen molar-refractivity contribution in [1.29, 1.82) is 0 Å². The lowest BCUT2D eigenvalue weighted by Gasteiger charge is -2.14. The summed E-state index contributed by atoms with van der Waals surface area (Å²) in [6.45, 7) is 5.57. The Hall–Kier alpha value is -3.91. The first-order valence-corrected chi connectivity index (χ1v) is 13.1. The van der Waals surface area contributed by atoms with Crippen LogP contribution in [0.3, 0.4) is 0 Å². The predicted molar refractivity (Wildman–Crippen MR) is 142 cm³/mol. The number of benzene rings is 3. The Morgan fingerprint density at radius 2 is 1.61 bits per heavy atom. The molecule has 0 unspecified atom stereocenters. The first-order chi connectivity index (χ1) is 18.3. The predicted octanol–water partition coefficient (Wildman–Crippen LogP) is 6.89. The Labute approximate surface area is 225 Å². The third-order valence-electron chi connectivity index (χ3n) is 5.89. The van der Waals surface area contributed by atoms with Gasteiger partial charge in [0, 0.05) is 26.5 Å². The zero-order valence-electron chi connectivity index (χ0n) is 21.4. The first kappa shape index (κ1) is 27.1. The molecule has 38 heavy (non-hydrogen) atoms. The Bertz CT molecular complexity index is 1400. The van der Waals surface area contributed by atoms with Crippen LogP contribution in [0.25, 0.3) is 11.3 Å². The molecule has 0 aliphatic carbocycles. The molecule has 0 amide bonds. The lowest BCUT2D eigenvalue weighted by atomic mass is 10.0. The van der Waals surface area contributed by atoms with Crippen LogP contribution in [0, 0.1) is 12.7 Å². The number of rotatable bonds is 10. The highest BCUT2D eigenvalue weighted by Gasteiger charge is 2.21. The second kappa shape index (κ2) is 12.6. The van der Waals surface area contributed by atoms with Crippen LogP contribution in [-0.2, 0) is 31.9 Å². The van der Waals surface area contributed by atoms with Gasteiger partial charge in [-0.25, -0.2) is 4.39 Å². The van der Waals surface area contributed by atoms with E-state index in [-0.39, 0.29) is 18.8 Å². The number of esters is 2. The van der Waals surface area contributed by atoms with Crippen LogP contribution in [-0.4, -0.2) is 23.7 Å². The van der Waals surface area contributed by atoms with Crippen LogP contribution in [0.4, 0.5) is 4.39 Å². The van der Waals surface area contributed by atoms with Crippen LogP contribution in [0.1, 0.15) is 42.3 Å². The summed E-state index contributed by atoms with van der Waals surface area (Å²) >= 11 is 1.59. The fraction of sp³-hybridized carbons (Fsp3) is 0.233. The van der Waals surface area contributed by atoms with Crippen molar-refractivity contribution in [3.63, 3.8) is 0 Å². The van der Waals surface area contributed by atoms with E-state index in [9.17, 15) is 14.0 Å². The maximum atomic E-state index is 14.0. The molecule has 0 aliphatic rings. The van der Waals surface area contributed by atoms with E-state index in [0.29, 0.717) is 29.2 Å². The molecule has 196 valence electrons.